The second-order valence-electron chi connectivity index (χ2n) is 6.62. The van der Waals surface area contributed by atoms with Gasteiger partial charge in [-0.15, -0.1) is 11.3 Å². The zero-order valence-electron chi connectivity index (χ0n) is 17.0. The molecule has 0 unspecified atom stereocenters. The lowest BCUT2D eigenvalue weighted by Gasteiger charge is -2.08. The average molecular weight is 462 g/mol. The van der Waals surface area contributed by atoms with E-state index in [0.29, 0.717) is 16.4 Å². The predicted molar refractivity (Wildman–Crippen MR) is 114 cm³/mol. The molecule has 10 heteroatoms. The molecule has 1 heterocycles. The molecule has 32 heavy (non-hydrogen) atoms. The summed E-state index contributed by atoms with van der Waals surface area (Å²) in [5, 5.41) is 4.94. The van der Waals surface area contributed by atoms with E-state index in [9.17, 15) is 18.4 Å². The minimum atomic E-state index is -2.93. The lowest BCUT2D eigenvalue weighted by Crippen LogP contribution is -2.21. The molecule has 3 aromatic rings. The van der Waals surface area contributed by atoms with Crippen molar-refractivity contribution < 1.29 is 32.6 Å². The number of amides is 1. The molecule has 0 saturated carbocycles. The van der Waals surface area contributed by atoms with E-state index in [1.165, 1.54) is 35.6 Å². The summed E-state index contributed by atoms with van der Waals surface area (Å²) in [7, 11) is 0. The number of thiazole rings is 1. The molecule has 0 aliphatic carbocycles. The number of hydrogen-bond acceptors (Lipinski definition) is 7. The van der Waals surface area contributed by atoms with Crippen LogP contribution in [0.25, 0.3) is 0 Å². The van der Waals surface area contributed by atoms with Gasteiger partial charge in [-0.1, -0.05) is 17.7 Å². The minimum Gasteiger partial charge on any atom is -0.486 e. The average Bonchev–Trinajstić information content (AvgIpc) is 3.20. The topological polar surface area (TPSA) is 86.8 Å². The molecule has 0 radical (unpaired) electrons. The first-order chi connectivity index (χ1) is 15.4. The molecule has 7 nitrogen and oxygen atoms in total. The third-order valence-corrected chi connectivity index (χ3v) is 4.91. The van der Waals surface area contributed by atoms with Crippen LogP contribution < -0.4 is 14.8 Å². The van der Waals surface area contributed by atoms with E-state index < -0.39 is 25.1 Å². The molecular weight excluding hydrogens is 442 g/mol. The van der Waals surface area contributed by atoms with E-state index in [4.69, 9.17) is 9.47 Å². The number of ether oxygens (including phenoxy) is 3. The number of nitrogens with one attached hydrogen (secondary N) is 1. The van der Waals surface area contributed by atoms with Crippen LogP contribution in [0.4, 0.5) is 14.5 Å². The van der Waals surface area contributed by atoms with Crippen molar-refractivity contribution in [2.45, 2.75) is 26.6 Å². The van der Waals surface area contributed by atoms with Crippen molar-refractivity contribution in [3.63, 3.8) is 0 Å². The fourth-order valence-corrected chi connectivity index (χ4v) is 3.24. The molecule has 0 spiro atoms. The second kappa shape index (κ2) is 11.2. The van der Waals surface area contributed by atoms with Gasteiger partial charge in [0.15, 0.2) is 6.61 Å². The van der Waals surface area contributed by atoms with Gasteiger partial charge in [-0.3, -0.25) is 9.59 Å². The van der Waals surface area contributed by atoms with E-state index in [2.05, 4.69) is 15.0 Å². The first-order valence-corrected chi connectivity index (χ1v) is 10.4. The highest BCUT2D eigenvalue weighted by atomic mass is 32.1. The normalized spacial score (nSPS) is 10.6. The van der Waals surface area contributed by atoms with Crippen LogP contribution >= 0.6 is 11.3 Å². The number of anilines is 1. The third-order valence-electron chi connectivity index (χ3n) is 4.04. The summed E-state index contributed by atoms with van der Waals surface area (Å²) in [4.78, 5) is 28.2. The molecule has 0 fully saturated rings. The summed E-state index contributed by atoms with van der Waals surface area (Å²) < 4.78 is 39.1. The number of aryl methyl sites for hydroxylation is 1. The quantitative estimate of drug-likeness (QED) is 0.451. The highest BCUT2D eigenvalue weighted by Crippen LogP contribution is 2.18. The van der Waals surface area contributed by atoms with E-state index >= 15 is 0 Å². The van der Waals surface area contributed by atoms with Gasteiger partial charge >= 0.3 is 12.6 Å². The summed E-state index contributed by atoms with van der Waals surface area (Å²) in [5.41, 5.74) is 2.02. The maximum Gasteiger partial charge on any atom is 0.387 e. The third kappa shape index (κ3) is 7.62. The number of hydrogen-bond donors (Lipinski definition) is 1. The van der Waals surface area contributed by atoms with Crippen molar-refractivity contribution in [3.8, 4) is 11.5 Å². The zero-order valence-corrected chi connectivity index (χ0v) is 17.9. The van der Waals surface area contributed by atoms with E-state index in [-0.39, 0.29) is 18.8 Å². The monoisotopic (exact) mass is 462 g/mol. The van der Waals surface area contributed by atoms with Crippen LogP contribution in [-0.2, 0) is 27.4 Å². The van der Waals surface area contributed by atoms with E-state index in [1.54, 1.807) is 5.38 Å². The van der Waals surface area contributed by atoms with Gasteiger partial charge in [0, 0.05) is 11.1 Å². The fourth-order valence-electron chi connectivity index (χ4n) is 2.54. The highest BCUT2D eigenvalue weighted by Gasteiger charge is 2.12. The lowest BCUT2D eigenvalue weighted by atomic mass is 10.2. The molecule has 1 amide bonds. The summed E-state index contributed by atoms with van der Waals surface area (Å²) in [6.07, 6.45) is -0.0754. The van der Waals surface area contributed by atoms with Gasteiger partial charge in [-0.2, -0.15) is 8.78 Å². The molecule has 0 aliphatic heterocycles. The van der Waals surface area contributed by atoms with Crippen LogP contribution in [0.5, 0.6) is 11.5 Å². The summed E-state index contributed by atoms with van der Waals surface area (Å²) in [6, 6.07) is 13.0. The maximum atomic E-state index is 12.1. The SMILES string of the molecule is Cc1ccc(OCc2nc(CC(=O)OCC(=O)Nc3ccc(OC(F)F)cc3)cs2)cc1. The standard InChI is InChI=1S/C22H20F2N2O5S/c1-14-2-6-17(7-3-14)29-12-20-26-16(13-32-20)10-21(28)30-11-19(27)25-15-4-8-18(9-5-15)31-22(23)24/h2-9,13,22H,10-12H2,1H3,(H,25,27). The molecule has 0 aliphatic rings. The van der Waals surface area contributed by atoms with Gasteiger partial charge in [0.25, 0.3) is 5.91 Å². The molecule has 0 atom stereocenters. The second-order valence-corrected chi connectivity index (χ2v) is 7.57. The van der Waals surface area contributed by atoms with Crippen LogP contribution in [-0.4, -0.2) is 30.1 Å². The van der Waals surface area contributed by atoms with Gasteiger partial charge in [0.1, 0.15) is 23.1 Å². The van der Waals surface area contributed by atoms with Crippen LogP contribution in [0.3, 0.4) is 0 Å². The van der Waals surface area contributed by atoms with Crippen LogP contribution in [0.1, 0.15) is 16.3 Å². The first kappa shape index (κ1) is 23.1. The number of halogens is 2. The Balaban J connectivity index is 1.39. The number of carbonyl (C=O) groups excluding carboxylic acids is 2. The molecule has 0 bridgehead atoms. The summed E-state index contributed by atoms with van der Waals surface area (Å²) in [5.74, 6) is -0.464. The highest BCUT2D eigenvalue weighted by molar-refractivity contribution is 7.09. The van der Waals surface area contributed by atoms with Gasteiger partial charge in [-0.05, 0) is 43.3 Å². The molecule has 2 aromatic carbocycles. The Bertz CT molecular complexity index is 1040. The number of aromatic nitrogens is 1. The lowest BCUT2D eigenvalue weighted by molar-refractivity contribution is -0.146. The number of rotatable bonds is 10. The fraction of sp³-hybridized carbons (Fsp3) is 0.227. The molecule has 0 saturated heterocycles. The van der Waals surface area contributed by atoms with Crippen molar-refractivity contribution in [2.24, 2.45) is 0 Å². The largest absolute Gasteiger partial charge is 0.486 e. The van der Waals surface area contributed by atoms with Gasteiger partial charge in [-0.25, -0.2) is 4.98 Å². The number of alkyl halides is 2. The number of benzene rings is 2. The molecule has 1 aromatic heterocycles. The first-order valence-electron chi connectivity index (χ1n) is 9.50. The maximum absolute atomic E-state index is 12.1. The van der Waals surface area contributed by atoms with E-state index in [0.717, 1.165) is 11.3 Å². The Morgan fingerprint density at radius 3 is 2.44 bits per heavy atom. The Hall–Kier alpha value is -3.53. The number of nitrogens with zero attached hydrogens (tertiary/aromatic N) is 1. The Labute approximate surface area is 187 Å². The van der Waals surface area contributed by atoms with Crippen molar-refractivity contribution in [3.05, 3.63) is 70.2 Å². The molecule has 168 valence electrons. The van der Waals surface area contributed by atoms with Crippen LogP contribution in [0.2, 0.25) is 0 Å². The van der Waals surface area contributed by atoms with Crippen molar-refractivity contribution >= 4 is 28.9 Å². The van der Waals surface area contributed by atoms with Gasteiger partial charge in [0.2, 0.25) is 0 Å². The smallest absolute Gasteiger partial charge is 0.387 e. The van der Waals surface area contributed by atoms with Crippen molar-refractivity contribution in [1.29, 1.82) is 0 Å². The van der Waals surface area contributed by atoms with Crippen LogP contribution in [0.15, 0.2) is 53.9 Å². The van der Waals surface area contributed by atoms with Crippen molar-refractivity contribution in [2.75, 3.05) is 11.9 Å². The van der Waals surface area contributed by atoms with Crippen LogP contribution in [0, 0.1) is 6.92 Å². The zero-order chi connectivity index (χ0) is 22.9. The Kier molecular flexibility index (Phi) is 8.09. The molecular formula is C22H20F2N2O5S. The van der Waals surface area contributed by atoms with Gasteiger partial charge in [0.05, 0.1) is 12.1 Å². The number of esters is 1. The minimum absolute atomic E-state index is 0.0312. The summed E-state index contributed by atoms with van der Waals surface area (Å²) in [6.45, 7) is -1.14. The summed E-state index contributed by atoms with van der Waals surface area (Å²) >= 11 is 1.36. The van der Waals surface area contributed by atoms with E-state index in [1.807, 2.05) is 31.2 Å². The number of carbonyl (C=O) groups is 2. The van der Waals surface area contributed by atoms with Crippen molar-refractivity contribution in [1.82, 2.24) is 4.98 Å². The van der Waals surface area contributed by atoms with Gasteiger partial charge < -0.3 is 19.5 Å². The molecule has 1 N–H and O–H groups in total. The predicted octanol–water partition coefficient (Wildman–Crippen LogP) is 4.36. The Morgan fingerprint density at radius 1 is 1.06 bits per heavy atom. The molecule has 3 rings (SSSR count). The Morgan fingerprint density at radius 2 is 1.75 bits per heavy atom.